The predicted molar refractivity (Wildman–Crippen MR) is 261 cm³/mol. The van der Waals surface area contributed by atoms with E-state index in [0.717, 1.165) is 44.4 Å². The Kier molecular flexibility index (Phi) is 19.5. The van der Waals surface area contributed by atoms with Gasteiger partial charge in [0.25, 0.3) is 0 Å². The number of hydrogen-bond donors (Lipinski definition) is 0. The minimum Gasteiger partial charge on any atom is -0.462 e. The minimum atomic E-state index is -0.139. The molecule has 0 aromatic heterocycles. The van der Waals surface area contributed by atoms with E-state index in [4.69, 9.17) is 4.74 Å². The largest absolute Gasteiger partial charge is 0.462 e. The number of ether oxygens (including phenoxy) is 1. The van der Waals surface area contributed by atoms with Crippen molar-refractivity contribution in [2.24, 2.45) is 56.7 Å². The van der Waals surface area contributed by atoms with E-state index < -0.39 is 0 Å². The molecular formula is C58H102O3. The molecule has 3 nitrogen and oxygen atoms in total. The van der Waals surface area contributed by atoms with Gasteiger partial charge in [-0.05, 0) is 109 Å². The Morgan fingerprint density at radius 1 is 0.590 bits per heavy atom. The molecule has 5 aliphatic rings. The molecule has 5 aliphatic carbocycles. The number of carbonyl (C=O) groups excluding carboxylic acids is 2. The van der Waals surface area contributed by atoms with Crippen LogP contribution in [0.15, 0.2) is 11.6 Å². The number of rotatable bonds is 27. The first kappa shape index (κ1) is 50.9. The molecule has 0 spiro atoms. The highest BCUT2D eigenvalue weighted by Crippen LogP contribution is 2.75. The second kappa shape index (κ2) is 23.4. The second-order valence-corrected chi connectivity index (χ2v) is 24.4. The van der Waals surface area contributed by atoms with Crippen LogP contribution >= 0.6 is 0 Å². The average Bonchev–Trinajstić information content (AvgIpc) is 3.21. The molecule has 0 amide bonds. The monoisotopic (exact) mass is 847 g/mol. The number of unbranched alkanes of at least 4 members (excludes halogenated alkanes) is 24. The maximum atomic E-state index is 14.7. The third-order valence-electron chi connectivity index (χ3n) is 19.8. The zero-order valence-corrected chi connectivity index (χ0v) is 42.3. The molecule has 0 aromatic carbocycles. The minimum absolute atomic E-state index is 0.00586. The first-order valence-corrected chi connectivity index (χ1v) is 27.6. The summed E-state index contributed by atoms with van der Waals surface area (Å²) in [6.07, 6.45) is 46.7. The van der Waals surface area contributed by atoms with Gasteiger partial charge in [-0.1, -0.05) is 222 Å². The molecule has 3 heteroatoms. The van der Waals surface area contributed by atoms with Crippen molar-refractivity contribution >= 4 is 11.8 Å². The molecule has 10 unspecified atom stereocenters. The Morgan fingerprint density at radius 2 is 1.07 bits per heavy atom. The second-order valence-electron chi connectivity index (χ2n) is 24.4. The third-order valence-corrected chi connectivity index (χ3v) is 19.8. The Hall–Kier alpha value is -1.12. The van der Waals surface area contributed by atoms with Crippen LogP contribution in [0.3, 0.4) is 0 Å². The van der Waals surface area contributed by atoms with Gasteiger partial charge in [0.1, 0.15) is 6.10 Å². The quantitative estimate of drug-likeness (QED) is 0.0611. The van der Waals surface area contributed by atoms with Crippen molar-refractivity contribution in [3.05, 3.63) is 11.6 Å². The molecule has 61 heavy (non-hydrogen) atoms. The number of allylic oxidation sites excluding steroid dienone is 2. The molecule has 0 heterocycles. The fourth-order valence-electron chi connectivity index (χ4n) is 15.5. The zero-order valence-electron chi connectivity index (χ0n) is 42.3. The topological polar surface area (TPSA) is 43.4 Å². The van der Waals surface area contributed by atoms with Gasteiger partial charge in [0.05, 0.1) is 0 Å². The molecule has 10 atom stereocenters. The lowest BCUT2D eigenvalue weighted by molar-refractivity contribution is -0.211. The van der Waals surface area contributed by atoms with Crippen LogP contribution in [-0.2, 0) is 14.3 Å². The number of carbonyl (C=O) groups is 2. The van der Waals surface area contributed by atoms with Crippen molar-refractivity contribution in [1.29, 1.82) is 0 Å². The highest BCUT2D eigenvalue weighted by Gasteiger charge is 2.70. The molecule has 4 fully saturated rings. The van der Waals surface area contributed by atoms with Gasteiger partial charge in [-0.25, -0.2) is 0 Å². The van der Waals surface area contributed by atoms with Gasteiger partial charge in [0.2, 0.25) is 0 Å². The normalized spacial score (nSPS) is 35.4. The van der Waals surface area contributed by atoms with Crippen molar-refractivity contribution in [3.8, 4) is 0 Å². The molecule has 5 rings (SSSR count). The van der Waals surface area contributed by atoms with E-state index in [1.807, 2.05) is 0 Å². The molecule has 0 radical (unpaired) electrons. The highest BCUT2D eigenvalue weighted by molar-refractivity contribution is 5.95. The summed E-state index contributed by atoms with van der Waals surface area (Å²) in [4.78, 5) is 28.1. The SMILES string of the molecule is CCCCCCCCCCCCCCCCCCCCCCCCCCCC(=O)OC1CCC2(C)C(CCC3(C)C2C(=O)C=C2C4C(C)C(C)CCC4(C)CCC23C)C1(C)C. The van der Waals surface area contributed by atoms with Crippen LogP contribution in [0.25, 0.3) is 0 Å². The summed E-state index contributed by atoms with van der Waals surface area (Å²) in [5.41, 5.74) is 1.71. The Labute approximate surface area is 379 Å². The van der Waals surface area contributed by atoms with Crippen LogP contribution in [-0.4, -0.2) is 17.9 Å². The lowest BCUT2D eigenvalue weighted by Crippen LogP contribution is -2.67. The van der Waals surface area contributed by atoms with E-state index >= 15 is 0 Å². The summed E-state index contributed by atoms with van der Waals surface area (Å²) in [6, 6.07) is 0. The van der Waals surface area contributed by atoms with Gasteiger partial charge >= 0.3 is 5.97 Å². The Bertz CT molecular complexity index is 1380. The summed E-state index contributed by atoms with van der Waals surface area (Å²) in [5, 5.41) is 0. The summed E-state index contributed by atoms with van der Waals surface area (Å²) in [7, 11) is 0. The Balaban J connectivity index is 0.916. The molecule has 4 saturated carbocycles. The van der Waals surface area contributed by atoms with Gasteiger partial charge < -0.3 is 4.74 Å². The lowest BCUT2D eigenvalue weighted by atomic mass is 9.33. The van der Waals surface area contributed by atoms with E-state index in [-0.39, 0.29) is 39.7 Å². The molecule has 0 aliphatic heterocycles. The smallest absolute Gasteiger partial charge is 0.306 e. The van der Waals surface area contributed by atoms with Gasteiger partial charge in [-0.2, -0.15) is 0 Å². The molecule has 0 bridgehead atoms. The maximum absolute atomic E-state index is 14.7. The van der Waals surface area contributed by atoms with Gasteiger partial charge in [-0.15, -0.1) is 0 Å². The number of fused-ring (bicyclic) bond motifs is 7. The van der Waals surface area contributed by atoms with Crippen LogP contribution in [0.5, 0.6) is 0 Å². The maximum Gasteiger partial charge on any atom is 0.306 e. The summed E-state index contributed by atoms with van der Waals surface area (Å²) in [6.45, 7) is 22.1. The van der Waals surface area contributed by atoms with Crippen molar-refractivity contribution in [2.75, 3.05) is 0 Å². The van der Waals surface area contributed by atoms with Gasteiger partial charge in [-0.3, -0.25) is 9.59 Å². The summed E-state index contributed by atoms with van der Waals surface area (Å²) < 4.78 is 6.41. The third kappa shape index (κ3) is 12.0. The number of ketones is 1. The zero-order chi connectivity index (χ0) is 44.2. The van der Waals surface area contributed by atoms with Crippen LogP contribution in [0.4, 0.5) is 0 Å². The number of esters is 1. The van der Waals surface area contributed by atoms with Gasteiger partial charge in [0, 0.05) is 17.8 Å². The highest BCUT2D eigenvalue weighted by atomic mass is 16.5. The van der Waals surface area contributed by atoms with E-state index in [1.54, 1.807) is 0 Å². The molecule has 0 aromatic rings. The van der Waals surface area contributed by atoms with Crippen molar-refractivity contribution in [3.63, 3.8) is 0 Å². The van der Waals surface area contributed by atoms with E-state index in [2.05, 4.69) is 68.4 Å². The summed E-state index contributed by atoms with van der Waals surface area (Å²) >= 11 is 0. The van der Waals surface area contributed by atoms with E-state index in [0.29, 0.717) is 35.4 Å². The molecule has 352 valence electrons. The lowest BCUT2D eigenvalue weighted by Gasteiger charge is -2.70. The van der Waals surface area contributed by atoms with Crippen LogP contribution in [0, 0.1) is 56.7 Å². The van der Waals surface area contributed by atoms with Crippen LogP contribution in [0.1, 0.15) is 281 Å². The first-order valence-electron chi connectivity index (χ1n) is 27.6. The van der Waals surface area contributed by atoms with Crippen LogP contribution in [0.2, 0.25) is 0 Å². The fourth-order valence-corrected chi connectivity index (χ4v) is 15.5. The molecule has 0 saturated heterocycles. The number of hydrogen-bond acceptors (Lipinski definition) is 3. The summed E-state index contributed by atoms with van der Waals surface area (Å²) in [5.74, 6) is 2.74. The standard InChI is InChI=1S/C58H102O3/c1-10-11-12-13-14-15-16-17-18-19-20-21-22-23-24-25-26-27-28-29-30-31-32-33-34-35-51(60)61-50-38-40-56(7)49(54(50,4)5)37-41-58(9)53(56)48(59)44-47-52-46(3)45(2)36-39-55(52,6)42-43-57(47,58)8/h44-46,49-50,52-53H,10-43H2,1-9H3. The van der Waals surface area contributed by atoms with E-state index in [9.17, 15) is 9.59 Å². The average molecular weight is 847 g/mol. The first-order chi connectivity index (χ1) is 29.2. The molecular weight excluding hydrogens is 745 g/mol. The van der Waals surface area contributed by atoms with E-state index in [1.165, 1.54) is 179 Å². The molecule has 0 N–H and O–H groups in total. The Morgan fingerprint density at radius 3 is 1.56 bits per heavy atom. The van der Waals surface area contributed by atoms with Crippen molar-refractivity contribution in [1.82, 2.24) is 0 Å². The van der Waals surface area contributed by atoms with Crippen molar-refractivity contribution < 1.29 is 14.3 Å². The predicted octanol–water partition coefficient (Wildman–Crippen LogP) is 17.9. The fraction of sp³-hybridized carbons (Fsp3) is 0.931. The van der Waals surface area contributed by atoms with Crippen molar-refractivity contribution in [2.45, 2.75) is 287 Å². The van der Waals surface area contributed by atoms with Crippen LogP contribution < -0.4 is 0 Å². The van der Waals surface area contributed by atoms with Gasteiger partial charge in [0.15, 0.2) is 5.78 Å².